The Hall–Kier alpha value is 0.0569. The SMILES string of the molecule is C(CCO[SiH]1CCCCO1)COCC1CO1. The molecular weight excluding hydrogens is 224 g/mol. The zero-order valence-electron chi connectivity index (χ0n) is 9.86. The summed E-state index contributed by atoms with van der Waals surface area (Å²) in [7, 11) is -1.25. The van der Waals surface area contributed by atoms with Crippen molar-refractivity contribution in [2.75, 3.05) is 33.0 Å². The third kappa shape index (κ3) is 5.40. The summed E-state index contributed by atoms with van der Waals surface area (Å²) in [6.45, 7) is 4.24. The highest BCUT2D eigenvalue weighted by atomic mass is 28.3. The van der Waals surface area contributed by atoms with Crippen molar-refractivity contribution in [3.63, 3.8) is 0 Å². The van der Waals surface area contributed by atoms with E-state index in [0.717, 1.165) is 45.9 Å². The van der Waals surface area contributed by atoms with Crippen LogP contribution in [0.25, 0.3) is 0 Å². The Morgan fingerprint density at radius 1 is 1.19 bits per heavy atom. The fourth-order valence-electron chi connectivity index (χ4n) is 1.74. The number of hydrogen-bond acceptors (Lipinski definition) is 4. The molecule has 0 bridgehead atoms. The average molecular weight is 246 g/mol. The maximum atomic E-state index is 5.76. The van der Waals surface area contributed by atoms with Crippen LogP contribution in [0.4, 0.5) is 0 Å². The standard InChI is InChI=1S/C11H22O4Si/c1(5-12-9-11-10-13-11)2-6-14-16-8-4-3-7-15-16/h11,16H,1-10H2. The Balaban J connectivity index is 1.33. The van der Waals surface area contributed by atoms with Crippen LogP contribution in [0.3, 0.4) is 0 Å². The first-order valence-electron chi connectivity index (χ1n) is 6.38. The van der Waals surface area contributed by atoms with Gasteiger partial charge in [-0.3, -0.25) is 0 Å². The molecule has 0 spiro atoms. The van der Waals surface area contributed by atoms with Crippen molar-refractivity contribution in [2.24, 2.45) is 0 Å². The van der Waals surface area contributed by atoms with E-state index in [4.69, 9.17) is 18.3 Å². The molecule has 2 heterocycles. The number of unbranched alkanes of at least 4 members (excludes halogenated alkanes) is 1. The lowest BCUT2D eigenvalue weighted by Crippen LogP contribution is -2.27. The Kier molecular flexibility index (Phi) is 5.78. The summed E-state index contributed by atoms with van der Waals surface area (Å²) in [4.78, 5) is 0. The lowest BCUT2D eigenvalue weighted by molar-refractivity contribution is 0.107. The summed E-state index contributed by atoms with van der Waals surface area (Å²) < 4.78 is 21.9. The van der Waals surface area contributed by atoms with Gasteiger partial charge in [-0.25, -0.2) is 0 Å². The van der Waals surface area contributed by atoms with Crippen molar-refractivity contribution in [3.05, 3.63) is 0 Å². The van der Waals surface area contributed by atoms with Crippen LogP contribution in [-0.2, 0) is 18.3 Å². The molecule has 0 amide bonds. The minimum absolute atomic E-state index is 0.388. The van der Waals surface area contributed by atoms with Gasteiger partial charge in [0, 0.05) is 19.8 Å². The highest BCUT2D eigenvalue weighted by Crippen LogP contribution is 2.12. The normalized spacial score (nSPS) is 29.2. The second kappa shape index (κ2) is 7.40. The molecule has 2 aliphatic heterocycles. The molecule has 2 saturated heterocycles. The molecule has 2 rings (SSSR count). The van der Waals surface area contributed by atoms with Crippen LogP contribution in [0.15, 0.2) is 0 Å². The lowest BCUT2D eigenvalue weighted by Gasteiger charge is -2.20. The summed E-state index contributed by atoms with van der Waals surface area (Å²) in [6, 6.07) is 1.19. The van der Waals surface area contributed by atoms with Gasteiger partial charge in [-0.2, -0.15) is 0 Å². The number of ether oxygens (including phenoxy) is 2. The van der Waals surface area contributed by atoms with Crippen molar-refractivity contribution in [1.82, 2.24) is 0 Å². The van der Waals surface area contributed by atoms with Crippen LogP contribution < -0.4 is 0 Å². The van der Waals surface area contributed by atoms with E-state index in [1.54, 1.807) is 0 Å². The monoisotopic (exact) mass is 246 g/mol. The smallest absolute Gasteiger partial charge is 0.321 e. The van der Waals surface area contributed by atoms with Crippen molar-refractivity contribution in [3.8, 4) is 0 Å². The summed E-state index contributed by atoms with van der Waals surface area (Å²) >= 11 is 0. The molecule has 2 aliphatic rings. The highest BCUT2D eigenvalue weighted by Gasteiger charge is 2.22. The van der Waals surface area contributed by atoms with Gasteiger partial charge in [-0.15, -0.1) is 0 Å². The van der Waals surface area contributed by atoms with Gasteiger partial charge in [0.15, 0.2) is 0 Å². The van der Waals surface area contributed by atoms with Crippen LogP contribution in [0, 0.1) is 0 Å². The van der Waals surface area contributed by atoms with Gasteiger partial charge in [0.1, 0.15) is 6.10 Å². The van der Waals surface area contributed by atoms with Crippen LogP contribution in [0.5, 0.6) is 0 Å². The van der Waals surface area contributed by atoms with Crippen molar-refractivity contribution >= 4 is 9.28 Å². The molecule has 94 valence electrons. The quantitative estimate of drug-likeness (QED) is 0.367. The van der Waals surface area contributed by atoms with Gasteiger partial charge >= 0.3 is 9.28 Å². The first-order valence-corrected chi connectivity index (χ1v) is 8.13. The summed E-state index contributed by atoms with van der Waals surface area (Å²) in [5, 5.41) is 0. The molecule has 0 aromatic heterocycles. The maximum Gasteiger partial charge on any atom is 0.321 e. The lowest BCUT2D eigenvalue weighted by atomic mass is 10.3. The molecule has 2 atom stereocenters. The molecule has 2 fully saturated rings. The minimum atomic E-state index is -1.25. The molecule has 0 radical (unpaired) electrons. The summed E-state index contributed by atoms with van der Waals surface area (Å²) in [6.07, 6.45) is 5.05. The van der Waals surface area contributed by atoms with E-state index in [1.807, 2.05) is 0 Å². The van der Waals surface area contributed by atoms with Crippen molar-refractivity contribution < 1.29 is 18.3 Å². The largest absolute Gasteiger partial charge is 0.397 e. The third-order valence-electron chi connectivity index (χ3n) is 2.83. The Morgan fingerprint density at radius 3 is 2.81 bits per heavy atom. The summed E-state index contributed by atoms with van der Waals surface area (Å²) in [5.74, 6) is 0. The van der Waals surface area contributed by atoms with E-state index in [-0.39, 0.29) is 0 Å². The summed E-state index contributed by atoms with van der Waals surface area (Å²) in [5.41, 5.74) is 0. The molecule has 2 unspecified atom stereocenters. The molecule has 0 aliphatic carbocycles. The second-order valence-electron chi connectivity index (χ2n) is 4.40. The Bertz CT molecular complexity index is 181. The predicted molar refractivity (Wildman–Crippen MR) is 62.9 cm³/mol. The minimum Gasteiger partial charge on any atom is -0.397 e. The Labute approximate surface area is 99.1 Å². The van der Waals surface area contributed by atoms with E-state index >= 15 is 0 Å². The number of epoxide rings is 1. The average Bonchev–Trinajstić information content (AvgIpc) is 3.13. The van der Waals surface area contributed by atoms with Crippen LogP contribution in [-0.4, -0.2) is 48.4 Å². The molecule has 0 aromatic carbocycles. The fraction of sp³-hybridized carbons (Fsp3) is 1.00. The van der Waals surface area contributed by atoms with Gasteiger partial charge in [0.05, 0.1) is 13.2 Å². The van der Waals surface area contributed by atoms with E-state index in [1.165, 1.54) is 18.9 Å². The zero-order chi connectivity index (χ0) is 11.1. The highest BCUT2D eigenvalue weighted by molar-refractivity contribution is 6.44. The van der Waals surface area contributed by atoms with E-state index < -0.39 is 9.28 Å². The van der Waals surface area contributed by atoms with E-state index in [2.05, 4.69) is 0 Å². The third-order valence-corrected chi connectivity index (χ3v) is 4.93. The van der Waals surface area contributed by atoms with E-state index in [0.29, 0.717) is 6.10 Å². The van der Waals surface area contributed by atoms with Crippen molar-refractivity contribution in [1.29, 1.82) is 0 Å². The van der Waals surface area contributed by atoms with Crippen LogP contribution in [0.1, 0.15) is 25.7 Å². The van der Waals surface area contributed by atoms with Gasteiger partial charge in [0.2, 0.25) is 0 Å². The second-order valence-corrected chi connectivity index (χ2v) is 6.51. The van der Waals surface area contributed by atoms with Crippen LogP contribution >= 0.6 is 0 Å². The van der Waals surface area contributed by atoms with Crippen molar-refractivity contribution in [2.45, 2.75) is 37.8 Å². The molecular formula is C11H22O4Si. The molecule has 4 nitrogen and oxygen atoms in total. The number of hydrogen-bond donors (Lipinski definition) is 0. The first kappa shape index (κ1) is 12.5. The number of rotatable bonds is 8. The fourth-order valence-corrected chi connectivity index (χ4v) is 3.65. The molecule has 0 N–H and O–H groups in total. The zero-order valence-corrected chi connectivity index (χ0v) is 11.0. The Morgan fingerprint density at radius 2 is 2.06 bits per heavy atom. The van der Waals surface area contributed by atoms with Gasteiger partial charge in [-0.05, 0) is 31.7 Å². The molecule has 0 aromatic rings. The molecule has 16 heavy (non-hydrogen) atoms. The van der Waals surface area contributed by atoms with Crippen LogP contribution in [0.2, 0.25) is 6.04 Å². The topological polar surface area (TPSA) is 40.2 Å². The van der Waals surface area contributed by atoms with E-state index in [9.17, 15) is 0 Å². The molecule has 0 saturated carbocycles. The van der Waals surface area contributed by atoms with Gasteiger partial charge in [0.25, 0.3) is 0 Å². The first-order chi connectivity index (χ1) is 7.95. The van der Waals surface area contributed by atoms with Gasteiger partial charge < -0.3 is 18.3 Å². The predicted octanol–water partition coefficient (Wildman–Crippen LogP) is 1.23. The van der Waals surface area contributed by atoms with Gasteiger partial charge in [-0.1, -0.05) is 0 Å². The maximum absolute atomic E-state index is 5.76. The molecule has 5 heteroatoms.